The number of hydrogen-bond donors (Lipinski definition) is 0. The van der Waals surface area contributed by atoms with Crippen molar-refractivity contribution in [2.24, 2.45) is 11.8 Å². The van der Waals surface area contributed by atoms with Crippen LogP contribution in [-0.4, -0.2) is 37.8 Å². The molecule has 2 fully saturated rings. The number of halogens is 7. The second kappa shape index (κ2) is 11.8. The first-order valence-electron chi connectivity index (χ1n) is 14.5. The van der Waals surface area contributed by atoms with Crippen molar-refractivity contribution in [3.05, 3.63) is 69.6 Å². The molecule has 0 aliphatic heterocycles. The molecule has 0 N–H and O–H groups in total. The van der Waals surface area contributed by atoms with E-state index in [1.807, 2.05) is 17.7 Å². The van der Waals surface area contributed by atoms with Crippen LogP contribution >= 0.6 is 15.9 Å². The number of alkyl halides is 6. The van der Waals surface area contributed by atoms with E-state index in [4.69, 9.17) is 4.98 Å². The van der Waals surface area contributed by atoms with Gasteiger partial charge in [0, 0.05) is 56.1 Å². The molecule has 6 rings (SSSR count). The molecule has 0 atom stereocenters. The van der Waals surface area contributed by atoms with Crippen LogP contribution in [-0.2, 0) is 32.0 Å². The smallest absolute Gasteiger partial charge is 0.356 e. The second-order valence-corrected chi connectivity index (χ2v) is 12.5. The minimum Gasteiger partial charge on any atom is -0.356 e. The molecule has 7 nitrogen and oxygen atoms in total. The van der Waals surface area contributed by atoms with Crippen molar-refractivity contribution in [1.82, 2.24) is 24.7 Å². The predicted molar refractivity (Wildman–Crippen MR) is 157 cm³/mol. The zero-order chi connectivity index (χ0) is 31.2. The summed E-state index contributed by atoms with van der Waals surface area (Å²) in [4.78, 5) is 17.7. The van der Waals surface area contributed by atoms with E-state index in [9.17, 15) is 26.3 Å². The van der Waals surface area contributed by atoms with Crippen LogP contribution in [0.15, 0.2) is 47.3 Å². The molecular weight excluding hydrogens is 652 g/mol. The summed E-state index contributed by atoms with van der Waals surface area (Å²) in [5.74, 6) is 2.03. The highest BCUT2D eigenvalue weighted by molar-refractivity contribution is 9.10. The second-order valence-electron chi connectivity index (χ2n) is 11.6. The fourth-order valence-electron chi connectivity index (χ4n) is 5.34. The van der Waals surface area contributed by atoms with Crippen LogP contribution < -0.4 is 9.80 Å². The minimum absolute atomic E-state index is 0.0979. The maximum absolute atomic E-state index is 13.7. The van der Waals surface area contributed by atoms with Gasteiger partial charge in [-0.25, -0.2) is 19.6 Å². The maximum Gasteiger partial charge on any atom is 0.416 e. The molecule has 3 aromatic heterocycles. The molecule has 0 unspecified atom stereocenters. The third kappa shape index (κ3) is 7.10. The van der Waals surface area contributed by atoms with E-state index in [2.05, 4.69) is 35.9 Å². The average Bonchev–Trinajstić information content (AvgIpc) is 3.91. The van der Waals surface area contributed by atoms with Crippen LogP contribution in [0.1, 0.15) is 54.9 Å². The summed E-state index contributed by atoms with van der Waals surface area (Å²) in [6, 6.07) is 3.60. The number of pyridine rings is 1. The van der Waals surface area contributed by atoms with Crippen LogP contribution in [0.4, 0.5) is 38.1 Å². The third-order valence-corrected chi connectivity index (χ3v) is 8.30. The highest BCUT2D eigenvalue weighted by Gasteiger charge is 2.37. The number of aromatic nitrogens is 5. The van der Waals surface area contributed by atoms with Crippen molar-refractivity contribution in [3.8, 4) is 0 Å². The van der Waals surface area contributed by atoms with Crippen molar-refractivity contribution < 1.29 is 26.3 Å². The average molecular weight is 683 g/mol. The molecule has 0 amide bonds. The summed E-state index contributed by atoms with van der Waals surface area (Å²) >= 11 is 3.30. The van der Waals surface area contributed by atoms with Gasteiger partial charge in [-0.1, -0.05) is 0 Å². The lowest BCUT2D eigenvalue weighted by Crippen LogP contribution is -2.32. The highest BCUT2D eigenvalue weighted by Crippen LogP contribution is 2.39. The molecular formula is C30H30BrF6N7. The first kappa shape index (κ1) is 30.6. The van der Waals surface area contributed by atoms with Crippen molar-refractivity contribution in [1.29, 1.82) is 0 Å². The monoisotopic (exact) mass is 681 g/mol. The lowest BCUT2D eigenvalue weighted by molar-refractivity contribution is -0.143. The zero-order valence-corrected chi connectivity index (χ0v) is 25.4. The predicted octanol–water partition coefficient (Wildman–Crippen LogP) is 7.87. The van der Waals surface area contributed by atoms with E-state index >= 15 is 0 Å². The van der Waals surface area contributed by atoms with Gasteiger partial charge >= 0.3 is 12.4 Å². The Balaban J connectivity index is 1.44. The van der Waals surface area contributed by atoms with Crippen LogP contribution in [0.25, 0.3) is 11.0 Å². The Morgan fingerprint density at radius 3 is 1.93 bits per heavy atom. The molecule has 14 heteroatoms. The zero-order valence-electron chi connectivity index (χ0n) is 23.8. The SMILES string of the molecule is CCn1ncc2cc(CN(Cc3cc(C(F)(F)F)cc(C(F)(F)F)c3)c3ncc(Br)cn3)c(N(CC3CC3)CC3CC3)nc21. The lowest BCUT2D eigenvalue weighted by atomic mass is 10.0. The molecule has 2 saturated carbocycles. The van der Waals surface area contributed by atoms with Gasteiger partial charge in [-0.3, -0.25) is 0 Å². The number of anilines is 2. The minimum atomic E-state index is -4.96. The van der Waals surface area contributed by atoms with Gasteiger partial charge in [-0.15, -0.1) is 0 Å². The quantitative estimate of drug-likeness (QED) is 0.150. The Hall–Kier alpha value is -3.42. The summed E-state index contributed by atoms with van der Waals surface area (Å²) in [6.45, 7) is 4.06. The summed E-state index contributed by atoms with van der Waals surface area (Å²) < 4.78 is 84.6. The normalized spacial score (nSPS) is 15.6. The number of aryl methyl sites for hydroxylation is 1. The van der Waals surface area contributed by atoms with Crippen molar-refractivity contribution >= 4 is 38.7 Å². The third-order valence-electron chi connectivity index (χ3n) is 7.89. The van der Waals surface area contributed by atoms with Crippen LogP contribution in [0.2, 0.25) is 0 Å². The molecule has 2 aliphatic rings. The van der Waals surface area contributed by atoms with Gasteiger partial charge in [-0.2, -0.15) is 31.4 Å². The van der Waals surface area contributed by atoms with Crippen molar-refractivity contribution in [2.45, 2.75) is 64.6 Å². The van der Waals surface area contributed by atoms with Gasteiger partial charge in [0.2, 0.25) is 5.95 Å². The summed E-state index contributed by atoms with van der Waals surface area (Å²) in [5.41, 5.74) is -1.41. The summed E-state index contributed by atoms with van der Waals surface area (Å²) in [7, 11) is 0. The van der Waals surface area contributed by atoms with Gasteiger partial charge < -0.3 is 9.80 Å². The Morgan fingerprint density at radius 2 is 1.41 bits per heavy atom. The first-order valence-corrected chi connectivity index (χ1v) is 15.3. The Bertz CT molecular complexity index is 1580. The highest BCUT2D eigenvalue weighted by atomic mass is 79.9. The Labute approximate surface area is 258 Å². The molecule has 4 aromatic rings. The first-order chi connectivity index (χ1) is 20.9. The van der Waals surface area contributed by atoms with Gasteiger partial charge in [0.05, 0.1) is 21.8 Å². The standard InChI is InChI=1S/C30H30BrF6N7/c1-2-44-27-21(11-40-44)9-22(26(41-27)42(14-18-3-4-18)15-19-5-6-19)17-43(28-38-12-25(31)13-39-28)16-20-7-23(29(32,33)34)10-24(8-20)30(35,36)37/h7-13,18-19H,2-6,14-17H2,1H3. The molecule has 1 aromatic carbocycles. The largest absolute Gasteiger partial charge is 0.416 e. The fourth-order valence-corrected chi connectivity index (χ4v) is 5.54. The van der Waals surface area contributed by atoms with Crippen molar-refractivity contribution in [2.75, 3.05) is 22.9 Å². The van der Waals surface area contributed by atoms with E-state index in [-0.39, 0.29) is 30.7 Å². The molecule has 0 bridgehead atoms. The van der Waals surface area contributed by atoms with Gasteiger partial charge in [0.1, 0.15) is 5.82 Å². The van der Waals surface area contributed by atoms with Gasteiger partial charge in [0.15, 0.2) is 5.65 Å². The number of fused-ring (bicyclic) bond motifs is 1. The molecule has 44 heavy (non-hydrogen) atoms. The molecule has 2 aliphatic carbocycles. The topological polar surface area (TPSA) is 63.0 Å². The summed E-state index contributed by atoms with van der Waals surface area (Å²) in [6.07, 6.45) is -0.656. The van der Waals surface area contributed by atoms with Crippen molar-refractivity contribution in [3.63, 3.8) is 0 Å². The van der Waals surface area contributed by atoms with E-state index in [0.29, 0.717) is 22.9 Å². The lowest BCUT2D eigenvalue weighted by Gasteiger charge is -2.29. The molecule has 0 radical (unpaired) electrons. The van der Waals surface area contributed by atoms with Crippen LogP contribution in [0.3, 0.4) is 0 Å². The van der Waals surface area contributed by atoms with Crippen LogP contribution in [0.5, 0.6) is 0 Å². The number of nitrogens with zero attached hydrogens (tertiary/aromatic N) is 7. The molecule has 3 heterocycles. The number of rotatable bonds is 11. The fraction of sp³-hybridized carbons (Fsp3) is 0.467. The van der Waals surface area contributed by atoms with Gasteiger partial charge in [-0.05, 0) is 90.2 Å². The molecule has 0 spiro atoms. The molecule has 234 valence electrons. The van der Waals surface area contributed by atoms with E-state index in [1.54, 1.807) is 11.1 Å². The van der Waals surface area contributed by atoms with E-state index in [0.717, 1.165) is 73.3 Å². The van der Waals surface area contributed by atoms with E-state index in [1.165, 1.54) is 12.4 Å². The number of benzene rings is 1. The van der Waals surface area contributed by atoms with Gasteiger partial charge in [0.25, 0.3) is 0 Å². The summed E-state index contributed by atoms with van der Waals surface area (Å²) in [5, 5.41) is 5.25. The van der Waals surface area contributed by atoms with Crippen LogP contribution in [0, 0.1) is 11.8 Å². The number of hydrogen-bond acceptors (Lipinski definition) is 6. The van der Waals surface area contributed by atoms with E-state index < -0.39 is 23.5 Å². The Morgan fingerprint density at radius 1 is 0.818 bits per heavy atom. The Kier molecular flexibility index (Phi) is 8.22. The maximum atomic E-state index is 13.7. The molecule has 0 saturated heterocycles.